The second-order valence-electron chi connectivity index (χ2n) is 6.60. The topological polar surface area (TPSA) is 54.5 Å². The Morgan fingerprint density at radius 2 is 1.93 bits per heavy atom. The second-order valence-corrected chi connectivity index (χ2v) is 7.72. The normalized spacial score (nSPS) is 12.3. The summed E-state index contributed by atoms with van der Waals surface area (Å²) in [5, 5.41) is 4.06. The van der Waals surface area contributed by atoms with Crippen molar-refractivity contribution in [2.24, 2.45) is 0 Å². The molecule has 0 fully saturated rings. The molecule has 3 aromatic rings. The molecular weight excluding hydrogens is 358 g/mol. The van der Waals surface area contributed by atoms with Crippen LogP contribution in [0.3, 0.4) is 0 Å². The van der Waals surface area contributed by atoms with Crippen molar-refractivity contribution in [1.29, 1.82) is 0 Å². The predicted octanol–water partition coefficient (Wildman–Crippen LogP) is 3.66. The summed E-state index contributed by atoms with van der Waals surface area (Å²) in [6, 6.07) is 16.0. The number of aromatic nitrogens is 1. The fourth-order valence-corrected chi connectivity index (χ4v) is 4.03. The molecule has 1 N–H and O–H groups in total. The van der Waals surface area contributed by atoms with Gasteiger partial charge in [0.2, 0.25) is 5.91 Å². The maximum Gasteiger partial charge on any atom is 0.220 e. The van der Waals surface area contributed by atoms with Crippen molar-refractivity contribution in [3.63, 3.8) is 0 Å². The minimum absolute atomic E-state index is 0.0380. The van der Waals surface area contributed by atoms with Crippen LogP contribution in [-0.2, 0) is 11.2 Å². The summed E-state index contributed by atoms with van der Waals surface area (Å²) in [4.78, 5) is 19.0. The maximum absolute atomic E-state index is 12.4. The highest BCUT2D eigenvalue weighted by Gasteiger charge is 2.19. The van der Waals surface area contributed by atoms with Gasteiger partial charge in [-0.05, 0) is 32.3 Å². The summed E-state index contributed by atoms with van der Waals surface area (Å²) in [5.74, 6) is 0.871. The van der Waals surface area contributed by atoms with E-state index in [0.29, 0.717) is 19.4 Å². The molecule has 6 heteroatoms. The van der Waals surface area contributed by atoms with E-state index >= 15 is 0 Å². The molecule has 27 heavy (non-hydrogen) atoms. The van der Waals surface area contributed by atoms with Crippen LogP contribution in [0.1, 0.15) is 23.0 Å². The third-order valence-electron chi connectivity index (χ3n) is 4.52. The first-order valence-electron chi connectivity index (χ1n) is 8.99. The van der Waals surface area contributed by atoms with Crippen LogP contribution in [0.2, 0.25) is 0 Å². The lowest BCUT2D eigenvalue weighted by Crippen LogP contribution is -2.34. The van der Waals surface area contributed by atoms with Crippen molar-refractivity contribution in [2.45, 2.75) is 18.9 Å². The summed E-state index contributed by atoms with van der Waals surface area (Å²) in [6.45, 7) is 0.534. The Bertz CT molecular complexity index is 874. The molecule has 0 aliphatic carbocycles. The van der Waals surface area contributed by atoms with Crippen molar-refractivity contribution in [2.75, 3.05) is 27.7 Å². The fourth-order valence-electron chi connectivity index (χ4n) is 3.06. The Hall–Kier alpha value is -2.44. The predicted molar refractivity (Wildman–Crippen MR) is 110 cm³/mol. The summed E-state index contributed by atoms with van der Waals surface area (Å²) in [5.41, 5.74) is 2.07. The van der Waals surface area contributed by atoms with Crippen molar-refractivity contribution >= 4 is 27.5 Å². The quantitative estimate of drug-likeness (QED) is 0.645. The highest BCUT2D eigenvalue weighted by Crippen LogP contribution is 2.27. The number of methoxy groups -OCH3 is 1. The average molecular weight is 384 g/mol. The van der Waals surface area contributed by atoms with Gasteiger partial charge in [0.1, 0.15) is 5.75 Å². The Balaban J connectivity index is 1.57. The molecule has 1 unspecified atom stereocenters. The first-order valence-corrected chi connectivity index (χ1v) is 9.80. The molecule has 2 aromatic carbocycles. The van der Waals surface area contributed by atoms with E-state index in [4.69, 9.17) is 4.74 Å². The van der Waals surface area contributed by atoms with Gasteiger partial charge in [0, 0.05) is 24.9 Å². The molecule has 1 amide bonds. The van der Waals surface area contributed by atoms with Crippen LogP contribution in [0.25, 0.3) is 10.2 Å². The number of carbonyl (C=O) groups excluding carboxylic acids is 1. The van der Waals surface area contributed by atoms with Gasteiger partial charge >= 0.3 is 0 Å². The molecule has 0 bridgehead atoms. The molecule has 0 saturated heterocycles. The van der Waals surface area contributed by atoms with E-state index in [0.717, 1.165) is 26.5 Å². The molecule has 1 aromatic heterocycles. The Morgan fingerprint density at radius 3 is 2.67 bits per heavy atom. The molecule has 3 rings (SSSR count). The van der Waals surface area contributed by atoms with Crippen molar-refractivity contribution in [3.05, 3.63) is 59.1 Å². The van der Waals surface area contributed by atoms with Crippen LogP contribution >= 0.6 is 11.3 Å². The first-order chi connectivity index (χ1) is 13.1. The third kappa shape index (κ3) is 4.84. The van der Waals surface area contributed by atoms with Crippen LogP contribution in [0, 0.1) is 0 Å². The number of nitrogens with zero attached hydrogens (tertiary/aromatic N) is 2. The smallest absolute Gasteiger partial charge is 0.220 e. The van der Waals surface area contributed by atoms with Gasteiger partial charge in [-0.2, -0.15) is 0 Å². The number of hydrogen-bond donors (Lipinski definition) is 1. The number of likely N-dealkylation sites (N-methyl/N-ethyl adjacent to an activating group) is 1. The van der Waals surface area contributed by atoms with Crippen LogP contribution in [0.5, 0.6) is 5.75 Å². The minimum Gasteiger partial charge on any atom is -0.496 e. The molecule has 1 atom stereocenters. The fraction of sp³-hybridized carbons (Fsp3) is 0.333. The van der Waals surface area contributed by atoms with Crippen molar-refractivity contribution < 1.29 is 9.53 Å². The van der Waals surface area contributed by atoms with Gasteiger partial charge in [-0.25, -0.2) is 4.98 Å². The zero-order chi connectivity index (χ0) is 19.2. The highest BCUT2D eigenvalue weighted by atomic mass is 32.1. The number of aryl methyl sites for hydroxylation is 1. The summed E-state index contributed by atoms with van der Waals surface area (Å²) in [6.07, 6.45) is 1.10. The van der Waals surface area contributed by atoms with Gasteiger partial charge in [-0.3, -0.25) is 4.79 Å². The average Bonchev–Trinajstić information content (AvgIpc) is 3.09. The summed E-state index contributed by atoms with van der Waals surface area (Å²) < 4.78 is 6.63. The number of rotatable bonds is 8. The SMILES string of the molecule is COc1ccccc1C(CNC(=O)CCc1nc2ccccc2s1)N(C)C. The van der Waals surface area contributed by atoms with Crippen LogP contribution in [-0.4, -0.2) is 43.5 Å². The van der Waals surface area contributed by atoms with Crippen LogP contribution in [0.15, 0.2) is 48.5 Å². The third-order valence-corrected chi connectivity index (χ3v) is 5.61. The zero-order valence-corrected chi connectivity index (χ0v) is 16.8. The van der Waals surface area contributed by atoms with E-state index < -0.39 is 0 Å². The number of ether oxygens (including phenoxy) is 1. The van der Waals surface area contributed by atoms with E-state index in [1.165, 1.54) is 0 Å². The van der Waals surface area contributed by atoms with Gasteiger partial charge in [0.05, 0.1) is 28.4 Å². The Labute approximate surface area is 164 Å². The molecule has 0 spiro atoms. The molecule has 1 heterocycles. The molecule has 0 aliphatic rings. The van der Waals surface area contributed by atoms with E-state index in [1.54, 1.807) is 18.4 Å². The van der Waals surface area contributed by atoms with E-state index in [-0.39, 0.29) is 11.9 Å². The molecule has 0 aliphatic heterocycles. The van der Waals surface area contributed by atoms with Gasteiger partial charge in [-0.15, -0.1) is 11.3 Å². The van der Waals surface area contributed by atoms with Crippen LogP contribution < -0.4 is 10.1 Å². The molecule has 0 saturated carbocycles. The molecule has 142 valence electrons. The lowest BCUT2D eigenvalue weighted by Gasteiger charge is -2.26. The number of nitrogens with one attached hydrogen (secondary N) is 1. The maximum atomic E-state index is 12.4. The van der Waals surface area contributed by atoms with E-state index in [1.807, 2.05) is 56.6 Å². The zero-order valence-electron chi connectivity index (χ0n) is 15.9. The summed E-state index contributed by atoms with van der Waals surface area (Å²) in [7, 11) is 5.68. The second kappa shape index (κ2) is 8.97. The number of fused-ring (bicyclic) bond motifs is 1. The highest BCUT2D eigenvalue weighted by molar-refractivity contribution is 7.18. The largest absolute Gasteiger partial charge is 0.496 e. The summed E-state index contributed by atoms with van der Waals surface area (Å²) >= 11 is 1.65. The van der Waals surface area contributed by atoms with Crippen molar-refractivity contribution in [3.8, 4) is 5.75 Å². The number of hydrogen-bond acceptors (Lipinski definition) is 5. The van der Waals surface area contributed by atoms with E-state index in [9.17, 15) is 4.79 Å². The number of para-hydroxylation sites is 2. The molecule has 0 radical (unpaired) electrons. The number of carbonyl (C=O) groups is 1. The minimum atomic E-state index is 0.0380. The molecular formula is C21H25N3O2S. The lowest BCUT2D eigenvalue weighted by atomic mass is 10.0. The molecule has 5 nitrogen and oxygen atoms in total. The first kappa shape index (κ1) is 19.3. The Morgan fingerprint density at radius 1 is 1.19 bits per heavy atom. The van der Waals surface area contributed by atoms with Crippen molar-refractivity contribution in [1.82, 2.24) is 15.2 Å². The van der Waals surface area contributed by atoms with Gasteiger partial charge < -0.3 is 15.0 Å². The van der Waals surface area contributed by atoms with E-state index in [2.05, 4.69) is 21.3 Å². The van der Waals surface area contributed by atoms with Gasteiger partial charge in [0.25, 0.3) is 0 Å². The monoisotopic (exact) mass is 383 g/mol. The lowest BCUT2D eigenvalue weighted by molar-refractivity contribution is -0.121. The van der Waals surface area contributed by atoms with Crippen LogP contribution in [0.4, 0.5) is 0 Å². The van der Waals surface area contributed by atoms with Gasteiger partial charge in [0.15, 0.2) is 0 Å². The number of thiazole rings is 1. The standard InChI is InChI=1S/C21H25N3O2S/c1-24(2)17(15-8-4-6-10-18(15)26-3)14-22-20(25)12-13-21-23-16-9-5-7-11-19(16)27-21/h4-11,17H,12-14H2,1-3H3,(H,22,25). The number of benzene rings is 2. The van der Waals surface area contributed by atoms with Gasteiger partial charge in [-0.1, -0.05) is 30.3 Å². The number of amides is 1. The Kier molecular flexibility index (Phi) is 6.42.